The smallest absolute Gasteiger partial charge is 0.324 e. The molecule has 266 valence electrons. The van der Waals surface area contributed by atoms with Gasteiger partial charge in [-0.25, -0.2) is 9.79 Å². The number of ether oxygens (including phenoxy) is 1. The highest BCUT2D eigenvalue weighted by Gasteiger charge is 2.28. The maximum Gasteiger partial charge on any atom is 0.324 e. The highest BCUT2D eigenvalue weighted by molar-refractivity contribution is 6.00. The van der Waals surface area contributed by atoms with Gasteiger partial charge >= 0.3 is 6.03 Å². The Balaban J connectivity index is 1.33. The monoisotopic (exact) mass is 688 g/mol. The van der Waals surface area contributed by atoms with E-state index in [1.165, 1.54) is 0 Å². The minimum atomic E-state index is -0.331. The van der Waals surface area contributed by atoms with E-state index in [-0.39, 0.29) is 35.8 Å². The average molecular weight is 689 g/mol. The number of amides is 4. The summed E-state index contributed by atoms with van der Waals surface area (Å²) in [5, 5.41) is 6.05. The lowest BCUT2D eigenvalue weighted by molar-refractivity contribution is -0.122. The Hall–Kier alpha value is -5.64. The molecule has 4 amide bonds. The van der Waals surface area contributed by atoms with Gasteiger partial charge in [-0.2, -0.15) is 0 Å². The quantitative estimate of drug-likeness (QED) is 0.149. The van der Waals surface area contributed by atoms with Crippen molar-refractivity contribution in [1.82, 2.24) is 20.4 Å². The lowest BCUT2D eigenvalue weighted by atomic mass is 9.97. The van der Waals surface area contributed by atoms with Crippen LogP contribution in [-0.2, 0) is 29.2 Å². The fraction of sp³-hybridized carbons (Fsp3) is 0.317. The number of guanidine groups is 1. The number of hydrogen-bond acceptors (Lipinski definition) is 6. The van der Waals surface area contributed by atoms with Gasteiger partial charge in [0.25, 0.3) is 0 Å². The zero-order chi connectivity index (χ0) is 36.2. The topological polar surface area (TPSA) is 107 Å². The molecule has 1 heterocycles. The molecule has 0 radical (unpaired) electrons. The maximum absolute atomic E-state index is 14.0. The Morgan fingerprint density at radius 2 is 1.43 bits per heavy atom. The summed E-state index contributed by atoms with van der Waals surface area (Å²) in [4.78, 5) is 50.1. The van der Waals surface area contributed by atoms with Crippen molar-refractivity contribution in [1.29, 1.82) is 0 Å². The van der Waals surface area contributed by atoms with Crippen LogP contribution in [0.15, 0.2) is 114 Å². The number of carbonyl (C=O) groups excluding carboxylic acids is 3. The van der Waals surface area contributed by atoms with Crippen LogP contribution in [0.3, 0.4) is 0 Å². The molecule has 5 rings (SSSR count). The molecule has 0 atom stereocenters. The van der Waals surface area contributed by atoms with Crippen molar-refractivity contribution in [2.24, 2.45) is 10.4 Å². The van der Waals surface area contributed by atoms with Crippen LogP contribution in [0.5, 0.6) is 5.75 Å². The van der Waals surface area contributed by atoms with E-state index in [4.69, 9.17) is 9.73 Å². The summed E-state index contributed by atoms with van der Waals surface area (Å²) in [5.74, 6) is 0.739. The van der Waals surface area contributed by atoms with Gasteiger partial charge in [0.05, 0.1) is 18.8 Å². The first-order valence-electron chi connectivity index (χ1n) is 17.4. The normalized spacial score (nSPS) is 12.3. The van der Waals surface area contributed by atoms with Gasteiger partial charge < -0.3 is 24.8 Å². The number of benzene rings is 4. The van der Waals surface area contributed by atoms with Crippen molar-refractivity contribution < 1.29 is 19.1 Å². The van der Waals surface area contributed by atoms with Gasteiger partial charge in [0.15, 0.2) is 0 Å². The summed E-state index contributed by atoms with van der Waals surface area (Å²) < 4.78 is 6.21. The number of nitrogens with zero attached hydrogens (tertiary/aromatic N) is 4. The van der Waals surface area contributed by atoms with Gasteiger partial charge in [-0.05, 0) is 47.2 Å². The zero-order valence-corrected chi connectivity index (χ0v) is 30.0. The molecule has 0 saturated carbocycles. The van der Waals surface area contributed by atoms with Crippen molar-refractivity contribution in [3.05, 3.63) is 126 Å². The minimum absolute atomic E-state index is 0.00545. The van der Waals surface area contributed by atoms with E-state index in [2.05, 4.69) is 31.4 Å². The van der Waals surface area contributed by atoms with Gasteiger partial charge in [-0.3, -0.25) is 14.9 Å². The van der Waals surface area contributed by atoms with Crippen LogP contribution in [-0.4, -0.2) is 60.3 Å². The largest absolute Gasteiger partial charge is 0.493 e. The zero-order valence-electron chi connectivity index (χ0n) is 30.0. The predicted molar refractivity (Wildman–Crippen MR) is 202 cm³/mol. The molecule has 10 nitrogen and oxygen atoms in total. The molecular weight excluding hydrogens is 640 g/mol. The number of rotatable bonds is 13. The molecule has 0 fully saturated rings. The molecule has 0 saturated heterocycles. The Morgan fingerprint density at radius 1 is 0.824 bits per heavy atom. The molecular formula is C41H48N6O4. The minimum Gasteiger partial charge on any atom is -0.493 e. The SMILES string of the molecule is CN(C(=O)CCCOc1cccc2c1CN(CC(=O)NCC(C)(C)C)C(NC(=O)N(Cc1ccccc1)Cc1ccccc1)=N2)c1ccccc1. The van der Waals surface area contributed by atoms with Crippen LogP contribution in [0.2, 0.25) is 0 Å². The molecule has 51 heavy (non-hydrogen) atoms. The van der Waals surface area contributed by atoms with Gasteiger partial charge in [-0.15, -0.1) is 0 Å². The van der Waals surface area contributed by atoms with E-state index in [1.54, 1.807) is 21.7 Å². The van der Waals surface area contributed by atoms with Gasteiger partial charge in [0.1, 0.15) is 12.3 Å². The number of hydrogen-bond donors (Lipinski definition) is 2. The van der Waals surface area contributed by atoms with Crippen LogP contribution in [0.25, 0.3) is 0 Å². The fourth-order valence-corrected chi connectivity index (χ4v) is 5.58. The third-order valence-electron chi connectivity index (χ3n) is 8.38. The third-order valence-corrected chi connectivity index (χ3v) is 8.38. The Morgan fingerprint density at radius 3 is 2.04 bits per heavy atom. The van der Waals surface area contributed by atoms with Crippen LogP contribution in [0.1, 0.15) is 50.3 Å². The van der Waals surface area contributed by atoms with Gasteiger partial charge in [0.2, 0.25) is 17.8 Å². The van der Waals surface area contributed by atoms with Crippen LogP contribution in [0.4, 0.5) is 16.2 Å². The van der Waals surface area contributed by atoms with Crippen molar-refractivity contribution >= 4 is 35.2 Å². The first-order valence-corrected chi connectivity index (χ1v) is 17.4. The lowest BCUT2D eigenvalue weighted by Crippen LogP contribution is -2.52. The number of carbonyl (C=O) groups is 3. The number of urea groups is 1. The molecule has 0 aliphatic carbocycles. The molecule has 2 N–H and O–H groups in total. The second-order valence-electron chi connectivity index (χ2n) is 13.9. The predicted octanol–water partition coefficient (Wildman–Crippen LogP) is 6.89. The molecule has 0 aromatic heterocycles. The first kappa shape index (κ1) is 36.6. The standard InChI is InChI=1S/C41H48N6O4/c1-41(2,3)30-42-37(48)29-46-28-34-35(22-14-23-36(34)51-25-15-24-38(49)45(4)33-20-12-7-13-21-33)43-39(46)44-40(50)47(26-31-16-8-5-9-17-31)27-32-18-10-6-11-19-32/h5-14,16-23H,15,24-30H2,1-4H3,(H,42,48)(H,43,44,50). The summed E-state index contributed by atoms with van der Waals surface area (Å²) in [7, 11) is 1.77. The van der Waals surface area contributed by atoms with Crippen LogP contribution >= 0.6 is 0 Å². The molecule has 4 aromatic carbocycles. The van der Waals surface area contributed by atoms with E-state index in [9.17, 15) is 14.4 Å². The van der Waals surface area contributed by atoms with E-state index >= 15 is 0 Å². The van der Waals surface area contributed by atoms with Crippen molar-refractivity contribution in [2.75, 3.05) is 31.6 Å². The molecule has 0 spiro atoms. The molecule has 1 aliphatic rings. The summed E-state index contributed by atoms with van der Waals surface area (Å²) in [5.41, 5.74) is 4.18. The summed E-state index contributed by atoms with van der Waals surface area (Å²) in [6, 6.07) is 34.5. The Bertz CT molecular complexity index is 1750. The van der Waals surface area contributed by atoms with Crippen molar-refractivity contribution in [3.8, 4) is 5.75 Å². The lowest BCUT2D eigenvalue weighted by Gasteiger charge is -2.32. The van der Waals surface area contributed by atoms with Crippen molar-refractivity contribution in [2.45, 2.75) is 53.2 Å². The fourth-order valence-electron chi connectivity index (χ4n) is 5.58. The molecule has 0 bridgehead atoms. The maximum atomic E-state index is 14.0. The van der Waals surface area contributed by atoms with E-state index in [1.807, 2.05) is 109 Å². The Labute approximate surface area is 301 Å². The number of anilines is 1. The number of fused-ring (bicyclic) bond motifs is 1. The molecule has 10 heteroatoms. The average Bonchev–Trinajstić information content (AvgIpc) is 3.13. The van der Waals surface area contributed by atoms with Crippen molar-refractivity contribution in [3.63, 3.8) is 0 Å². The highest BCUT2D eigenvalue weighted by Crippen LogP contribution is 2.33. The Kier molecular flexibility index (Phi) is 12.5. The van der Waals surface area contributed by atoms with Gasteiger partial charge in [0, 0.05) is 44.4 Å². The summed E-state index contributed by atoms with van der Waals surface area (Å²) in [6.45, 7) is 8.06. The van der Waals surface area contributed by atoms with E-state index < -0.39 is 0 Å². The molecule has 1 aliphatic heterocycles. The first-order chi connectivity index (χ1) is 24.6. The van der Waals surface area contributed by atoms with Gasteiger partial charge in [-0.1, -0.05) is 106 Å². The molecule has 4 aromatic rings. The summed E-state index contributed by atoms with van der Waals surface area (Å²) in [6.07, 6.45) is 0.860. The second kappa shape index (κ2) is 17.3. The van der Waals surface area contributed by atoms with Crippen LogP contribution < -0.4 is 20.3 Å². The van der Waals surface area contributed by atoms with E-state index in [0.29, 0.717) is 57.1 Å². The molecule has 0 unspecified atom stereocenters. The number of aliphatic imine (C=N–C) groups is 1. The highest BCUT2D eigenvalue weighted by atomic mass is 16.5. The summed E-state index contributed by atoms with van der Waals surface area (Å²) >= 11 is 0. The van der Waals surface area contributed by atoms with Crippen LogP contribution in [0, 0.1) is 5.41 Å². The number of nitrogens with one attached hydrogen (secondary N) is 2. The second-order valence-corrected chi connectivity index (χ2v) is 13.9. The third kappa shape index (κ3) is 10.9. The van der Waals surface area contributed by atoms with E-state index in [0.717, 1.165) is 22.4 Å². The number of para-hydroxylation sites is 1.